The van der Waals surface area contributed by atoms with Crippen LogP contribution in [0.15, 0.2) is 53.3 Å². The first-order chi connectivity index (χ1) is 14.0. The second-order valence-electron chi connectivity index (χ2n) is 6.75. The van der Waals surface area contributed by atoms with Crippen molar-refractivity contribution in [3.63, 3.8) is 0 Å². The predicted molar refractivity (Wildman–Crippen MR) is 114 cm³/mol. The SMILES string of the molecule is Cc1nc2ccccc2c(=O)n1CCOc1ccc(CC2SC(=N)NC2=O)cc1. The second-order valence-corrected chi connectivity index (χ2v) is 7.97. The van der Waals surface area contributed by atoms with Crippen molar-refractivity contribution in [2.75, 3.05) is 6.61 Å². The Morgan fingerprint density at radius 3 is 2.66 bits per heavy atom. The molecule has 1 atom stereocenters. The first-order valence-corrected chi connectivity index (χ1v) is 10.1. The van der Waals surface area contributed by atoms with Crippen LogP contribution in [0.25, 0.3) is 10.9 Å². The lowest BCUT2D eigenvalue weighted by Gasteiger charge is -2.12. The van der Waals surface area contributed by atoms with Crippen molar-refractivity contribution in [2.24, 2.45) is 0 Å². The number of carbonyl (C=O) groups is 1. The van der Waals surface area contributed by atoms with Crippen molar-refractivity contribution in [3.05, 3.63) is 70.3 Å². The van der Waals surface area contributed by atoms with Gasteiger partial charge in [0.2, 0.25) is 5.91 Å². The van der Waals surface area contributed by atoms with Gasteiger partial charge in [0, 0.05) is 0 Å². The van der Waals surface area contributed by atoms with Gasteiger partial charge in [0.05, 0.1) is 22.7 Å². The Bertz CT molecular complexity index is 1140. The van der Waals surface area contributed by atoms with Gasteiger partial charge >= 0.3 is 0 Å². The molecule has 29 heavy (non-hydrogen) atoms. The summed E-state index contributed by atoms with van der Waals surface area (Å²) in [5.41, 5.74) is 1.64. The Kier molecular flexibility index (Phi) is 5.35. The fourth-order valence-electron chi connectivity index (χ4n) is 3.28. The summed E-state index contributed by atoms with van der Waals surface area (Å²) >= 11 is 1.24. The molecule has 2 aromatic carbocycles. The number of thioether (sulfide) groups is 1. The number of aromatic nitrogens is 2. The molecule has 1 saturated heterocycles. The summed E-state index contributed by atoms with van der Waals surface area (Å²) in [4.78, 5) is 28.9. The summed E-state index contributed by atoms with van der Waals surface area (Å²) in [6, 6.07) is 14.9. The summed E-state index contributed by atoms with van der Waals surface area (Å²) < 4.78 is 7.42. The number of benzene rings is 2. The van der Waals surface area contributed by atoms with Crippen molar-refractivity contribution in [2.45, 2.75) is 25.1 Å². The third-order valence-corrected chi connectivity index (χ3v) is 5.77. The zero-order chi connectivity index (χ0) is 20.4. The van der Waals surface area contributed by atoms with Gasteiger partial charge < -0.3 is 10.1 Å². The summed E-state index contributed by atoms with van der Waals surface area (Å²) in [7, 11) is 0. The lowest BCUT2D eigenvalue weighted by molar-refractivity contribution is -0.118. The normalized spacial score (nSPS) is 16.2. The summed E-state index contributed by atoms with van der Waals surface area (Å²) in [5.74, 6) is 1.24. The summed E-state index contributed by atoms with van der Waals surface area (Å²) in [5, 5.41) is 10.6. The third kappa shape index (κ3) is 4.17. The largest absolute Gasteiger partial charge is 0.492 e. The molecule has 1 unspecified atom stereocenters. The number of hydrogen-bond acceptors (Lipinski definition) is 6. The van der Waals surface area contributed by atoms with Gasteiger partial charge in [-0.3, -0.25) is 19.6 Å². The number of aryl methyl sites for hydroxylation is 1. The van der Waals surface area contributed by atoms with Gasteiger partial charge in [-0.25, -0.2) is 4.98 Å². The molecule has 2 N–H and O–H groups in total. The molecule has 3 aromatic rings. The van der Waals surface area contributed by atoms with Crippen molar-refractivity contribution >= 4 is 33.7 Å². The first kappa shape index (κ1) is 19.2. The molecule has 0 saturated carbocycles. The molecule has 0 aliphatic carbocycles. The van der Waals surface area contributed by atoms with Crippen LogP contribution in [0.1, 0.15) is 11.4 Å². The maximum Gasteiger partial charge on any atom is 0.261 e. The molecule has 8 heteroatoms. The number of hydrogen-bond donors (Lipinski definition) is 2. The highest BCUT2D eigenvalue weighted by Gasteiger charge is 2.29. The standard InChI is InChI=1S/C21H20N4O3S/c1-13-23-17-5-3-2-4-16(17)20(27)25(13)10-11-28-15-8-6-14(7-9-15)12-18-19(26)24-21(22)29-18/h2-9,18H,10-12H2,1H3,(H2,22,24,26). The highest BCUT2D eigenvalue weighted by molar-refractivity contribution is 8.15. The average Bonchev–Trinajstić information content (AvgIpc) is 3.02. The molecule has 0 bridgehead atoms. The molecule has 148 valence electrons. The molecule has 1 aliphatic rings. The molecule has 1 fully saturated rings. The summed E-state index contributed by atoms with van der Waals surface area (Å²) in [6.07, 6.45) is 0.566. The lowest BCUT2D eigenvalue weighted by Crippen LogP contribution is -2.26. The van der Waals surface area contributed by atoms with E-state index in [9.17, 15) is 9.59 Å². The molecular formula is C21H20N4O3S. The average molecular weight is 408 g/mol. The van der Waals surface area contributed by atoms with E-state index in [4.69, 9.17) is 10.1 Å². The maximum atomic E-state index is 12.7. The van der Waals surface area contributed by atoms with Crippen molar-refractivity contribution in [3.8, 4) is 5.75 Å². The predicted octanol–water partition coefficient (Wildman–Crippen LogP) is 2.49. The number of carbonyl (C=O) groups excluding carboxylic acids is 1. The van der Waals surface area contributed by atoms with Gasteiger partial charge in [0.1, 0.15) is 18.2 Å². The Balaban J connectivity index is 1.38. The van der Waals surface area contributed by atoms with Crippen LogP contribution in [0.4, 0.5) is 0 Å². The van der Waals surface area contributed by atoms with Gasteiger partial charge in [-0.2, -0.15) is 0 Å². The van der Waals surface area contributed by atoms with Gasteiger partial charge in [-0.05, 0) is 43.2 Å². The third-order valence-electron chi connectivity index (χ3n) is 4.77. The van der Waals surface area contributed by atoms with E-state index in [-0.39, 0.29) is 21.9 Å². The van der Waals surface area contributed by atoms with Crippen LogP contribution in [0.2, 0.25) is 0 Å². The second kappa shape index (κ2) is 8.08. The molecule has 0 radical (unpaired) electrons. The van der Waals surface area contributed by atoms with E-state index in [0.717, 1.165) is 5.56 Å². The van der Waals surface area contributed by atoms with E-state index in [2.05, 4.69) is 10.3 Å². The van der Waals surface area contributed by atoms with Gasteiger partial charge in [0.25, 0.3) is 5.56 Å². The smallest absolute Gasteiger partial charge is 0.261 e. The van der Waals surface area contributed by atoms with Crippen molar-refractivity contribution in [1.29, 1.82) is 5.41 Å². The number of nitrogens with zero attached hydrogens (tertiary/aromatic N) is 2. The van der Waals surface area contributed by atoms with E-state index in [1.807, 2.05) is 49.4 Å². The van der Waals surface area contributed by atoms with Crippen LogP contribution in [0, 0.1) is 12.3 Å². The maximum absolute atomic E-state index is 12.7. The van der Waals surface area contributed by atoms with E-state index < -0.39 is 0 Å². The number of amides is 1. The van der Waals surface area contributed by atoms with E-state index in [1.54, 1.807) is 10.6 Å². The number of para-hydroxylation sites is 1. The minimum atomic E-state index is -0.260. The zero-order valence-corrected chi connectivity index (χ0v) is 16.7. The van der Waals surface area contributed by atoms with Crippen LogP contribution in [-0.4, -0.2) is 32.5 Å². The van der Waals surface area contributed by atoms with Gasteiger partial charge in [-0.15, -0.1) is 0 Å². The fourth-order valence-corrected chi connectivity index (χ4v) is 4.17. The molecule has 2 heterocycles. The molecule has 4 rings (SSSR count). The Hall–Kier alpha value is -3.13. The van der Waals surface area contributed by atoms with Gasteiger partial charge in [0.15, 0.2) is 5.17 Å². The Morgan fingerprint density at radius 1 is 1.17 bits per heavy atom. The van der Waals surface area contributed by atoms with E-state index >= 15 is 0 Å². The molecule has 0 spiro atoms. The molecule has 1 aromatic heterocycles. The lowest BCUT2D eigenvalue weighted by atomic mass is 10.1. The van der Waals surface area contributed by atoms with Crippen LogP contribution < -0.4 is 15.6 Å². The molecule has 1 aliphatic heterocycles. The number of rotatable bonds is 6. The Labute approximate surface area is 171 Å². The van der Waals surface area contributed by atoms with Gasteiger partial charge in [-0.1, -0.05) is 36.0 Å². The van der Waals surface area contributed by atoms with Crippen molar-refractivity contribution < 1.29 is 9.53 Å². The minimum absolute atomic E-state index is 0.0649. The van der Waals surface area contributed by atoms with Crippen LogP contribution >= 0.6 is 11.8 Å². The fraction of sp³-hybridized carbons (Fsp3) is 0.238. The monoisotopic (exact) mass is 408 g/mol. The molecule has 7 nitrogen and oxygen atoms in total. The molecular weight excluding hydrogens is 388 g/mol. The van der Waals surface area contributed by atoms with Crippen LogP contribution in [0.5, 0.6) is 5.75 Å². The highest BCUT2D eigenvalue weighted by Crippen LogP contribution is 2.23. The minimum Gasteiger partial charge on any atom is -0.492 e. The highest BCUT2D eigenvalue weighted by atomic mass is 32.2. The molecule has 1 amide bonds. The Morgan fingerprint density at radius 2 is 1.93 bits per heavy atom. The number of ether oxygens (including phenoxy) is 1. The van der Waals surface area contributed by atoms with Crippen LogP contribution in [0.3, 0.4) is 0 Å². The topological polar surface area (TPSA) is 97.1 Å². The van der Waals surface area contributed by atoms with Crippen molar-refractivity contribution in [1.82, 2.24) is 14.9 Å². The van der Waals surface area contributed by atoms with E-state index in [0.29, 0.717) is 42.0 Å². The first-order valence-electron chi connectivity index (χ1n) is 9.25. The van der Waals surface area contributed by atoms with E-state index in [1.165, 1.54) is 11.8 Å². The summed E-state index contributed by atoms with van der Waals surface area (Å²) in [6.45, 7) is 2.57. The quantitative estimate of drug-likeness (QED) is 0.653. The zero-order valence-electron chi connectivity index (χ0n) is 15.8. The number of amidine groups is 1. The number of nitrogens with one attached hydrogen (secondary N) is 2. The number of fused-ring (bicyclic) bond motifs is 1. The van der Waals surface area contributed by atoms with Crippen LogP contribution in [-0.2, 0) is 17.8 Å².